The standard InChI is InChI=1S/C10H11N3OS/c1-15-10-4-2-9(3-5-10)13-6-8(7-14)11-12-13/h2-6,14H,7H2,1H3. The van der Waals surface area contributed by atoms with Crippen LogP contribution in [0.4, 0.5) is 0 Å². The average Bonchev–Trinajstić information content (AvgIpc) is 2.78. The maximum absolute atomic E-state index is 8.86. The Balaban J connectivity index is 2.28. The molecule has 0 aliphatic heterocycles. The molecule has 4 nitrogen and oxygen atoms in total. The van der Waals surface area contributed by atoms with Crippen LogP contribution in [0, 0.1) is 0 Å². The van der Waals surface area contributed by atoms with E-state index in [0.717, 1.165) is 5.69 Å². The molecule has 0 saturated carbocycles. The fraction of sp³-hybridized carbons (Fsp3) is 0.200. The Bertz CT molecular complexity index is 438. The zero-order valence-electron chi connectivity index (χ0n) is 8.29. The molecule has 0 unspecified atom stereocenters. The molecule has 0 amide bonds. The number of aromatic nitrogens is 3. The van der Waals surface area contributed by atoms with E-state index in [9.17, 15) is 0 Å². The van der Waals surface area contributed by atoms with Crippen molar-refractivity contribution in [2.24, 2.45) is 0 Å². The van der Waals surface area contributed by atoms with Crippen LogP contribution >= 0.6 is 11.8 Å². The number of thioether (sulfide) groups is 1. The third-order valence-corrected chi connectivity index (χ3v) is 2.78. The number of hydrogen-bond donors (Lipinski definition) is 1. The molecule has 0 spiro atoms. The van der Waals surface area contributed by atoms with Gasteiger partial charge in [-0.05, 0) is 30.5 Å². The van der Waals surface area contributed by atoms with Gasteiger partial charge in [0.1, 0.15) is 5.69 Å². The summed E-state index contributed by atoms with van der Waals surface area (Å²) < 4.78 is 1.65. The summed E-state index contributed by atoms with van der Waals surface area (Å²) in [5, 5.41) is 16.6. The van der Waals surface area contributed by atoms with Gasteiger partial charge in [0, 0.05) is 4.90 Å². The molecule has 0 aliphatic rings. The zero-order valence-corrected chi connectivity index (χ0v) is 9.11. The van der Waals surface area contributed by atoms with Crippen LogP contribution < -0.4 is 0 Å². The van der Waals surface area contributed by atoms with Gasteiger partial charge in [-0.3, -0.25) is 0 Å². The van der Waals surface area contributed by atoms with Crippen LogP contribution in [-0.2, 0) is 6.61 Å². The Hall–Kier alpha value is -1.33. The van der Waals surface area contributed by atoms with E-state index in [1.807, 2.05) is 30.5 Å². The highest BCUT2D eigenvalue weighted by Gasteiger charge is 2.01. The lowest BCUT2D eigenvalue weighted by Gasteiger charge is -2.00. The zero-order chi connectivity index (χ0) is 10.7. The van der Waals surface area contributed by atoms with Crippen LogP contribution in [-0.4, -0.2) is 26.4 Å². The number of aliphatic hydroxyl groups excluding tert-OH is 1. The minimum absolute atomic E-state index is 0.0805. The molecule has 78 valence electrons. The lowest BCUT2D eigenvalue weighted by molar-refractivity contribution is 0.276. The van der Waals surface area contributed by atoms with Crippen molar-refractivity contribution in [1.29, 1.82) is 0 Å². The first-order chi connectivity index (χ1) is 7.33. The van der Waals surface area contributed by atoms with E-state index in [1.165, 1.54) is 4.90 Å². The molecule has 0 atom stereocenters. The fourth-order valence-corrected chi connectivity index (χ4v) is 1.64. The molecule has 1 N–H and O–H groups in total. The lowest BCUT2D eigenvalue weighted by Crippen LogP contribution is -1.94. The van der Waals surface area contributed by atoms with Crippen molar-refractivity contribution >= 4 is 11.8 Å². The highest BCUT2D eigenvalue weighted by atomic mass is 32.2. The Labute approximate surface area is 91.9 Å². The quantitative estimate of drug-likeness (QED) is 0.798. The molecular weight excluding hydrogens is 210 g/mol. The van der Waals surface area contributed by atoms with Crippen molar-refractivity contribution in [3.8, 4) is 5.69 Å². The van der Waals surface area contributed by atoms with Crippen molar-refractivity contribution in [3.05, 3.63) is 36.2 Å². The Morgan fingerprint density at radius 2 is 2.07 bits per heavy atom. The van der Waals surface area contributed by atoms with Gasteiger partial charge >= 0.3 is 0 Å². The summed E-state index contributed by atoms with van der Waals surface area (Å²) in [4.78, 5) is 1.21. The molecule has 0 fully saturated rings. The van der Waals surface area contributed by atoms with Gasteiger partial charge in [-0.15, -0.1) is 16.9 Å². The normalized spacial score (nSPS) is 10.5. The molecule has 0 saturated heterocycles. The summed E-state index contributed by atoms with van der Waals surface area (Å²) in [5.41, 5.74) is 1.52. The summed E-state index contributed by atoms with van der Waals surface area (Å²) in [6.07, 6.45) is 3.75. The summed E-state index contributed by atoms with van der Waals surface area (Å²) in [6.45, 7) is -0.0805. The second-order valence-corrected chi connectivity index (χ2v) is 3.89. The topological polar surface area (TPSA) is 50.9 Å². The third-order valence-electron chi connectivity index (χ3n) is 2.04. The van der Waals surface area contributed by atoms with E-state index in [2.05, 4.69) is 10.3 Å². The maximum atomic E-state index is 8.86. The Morgan fingerprint density at radius 1 is 1.33 bits per heavy atom. The second kappa shape index (κ2) is 4.46. The predicted octanol–water partition coefficient (Wildman–Crippen LogP) is 1.48. The van der Waals surface area contributed by atoms with E-state index in [-0.39, 0.29) is 6.61 Å². The third kappa shape index (κ3) is 2.19. The van der Waals surface area contributed by atoms with Gasteiger partial charge in [0.05, 0.1) is 18.5 Å². The van der Waals surface area contributed by atoms with E-state index in [4.69, 9.17) is 5.11 Å². The first-order valence-corrected chi connectivity index (χ1v) is 5.72. The van der Waals surface area contributed by atoms with Gasteiger partial charge in [0.2, 0.25) is 0 Å². The van der Waals surface area contributed by atoms with Gasteiger partial charge in [-0.1, -0.05) is 5.21 Å². The molecule has 1 aromatic carbocycles. The molecule has 15 heavy (non-hydrogen) atoms. The maximum Gasteiger partial charge on any atom is 0.109 e. The van der Waals surface area contributed by atoms with Gasteiger partial charge < -0.3 is 5.11 Å². The van der Waals surface area contributed by atoms with Gasteiger partial charge in [0.15, 0.2) is 0 Å². The smallest absolute Gasteiger partial charge is 0.109 e. The molecule has 2 rings (SSSR count). The van der Waals surface area contributed by atoms with Crippen LogP contribution in [0.15, 0.2) is 35.4 Å². The highest BCUT2D eigenvalue weighted by molar-refractivity contribution is 7.98. The van der Waals surface area contributed by atoms with E-state index in [1.54, 1.807) is 22.6 Å². The predicted molar refractivity (Wildman–Crippen MR) is 59.1 cm³/mol. The summed E-state index contributed by atoms with van der Waals surface area (Å²) in [6, 6.07) is 8.00. The number of rotatable bonds is 3. The van der Waals surface area contributed by atoms with Crippen LogP contribution in [0.3, 0.4) is 0 Å². The second-order valence-electron chi connectivity index (χ2n) is 3.01. The van der Waals surface area contributed by atoms with Crippen LogP contribution in [0.1, 0.15) is 5.69 Å². The molecular formula is C10H11N3OS. The summed E-state index contributed by atoms with van der Waals surface area (Å²) in [7, 11) is 0. The van der Waals surface area contributed by atoms with Crippen LogP contribution in [0.5, 0.6) is 0 Å². The lowest BCUT2D eigenvalue weighted by atomic mass is 10.3. The molecule has 0 aliphatic carbocycles. The first kappa shape index (κ1) is 10.2. The van der Waals surface area contributed by atoms with E-state index >= 15 is 0 Å². The summed E-state index contributed by atoms with van der Waals surface area (Å²) in [5.74, 6) is 0. The monoisotopic (exact) mass is 221 g/mol. The van der Waals surface area contributed by atoms with Crippen molar-refractivity contribution in [3.63, 3.8) is 0 Å². The number of hydrogen-bond acceptors (Lipinski definition) is 4. The van der Waals surface area contributed by atoms with E-state index in [0.29, 0.717) is 5.69 Å². The minimum Gasteiger partial charge on any atom is -0.390 e. The minimum atomic E-state index is -0.0805. The van der Waals surface area contributed by atoms with Crippen molar-refractivity contribution in [1.82, 2.24) is 15.0 Å². The molecule has 5 heteroatoms. The molecule has 0 bridgehead atoms. The van der Waals surface area contributed by atoms with Gasteiger partial charge in [0.25, 0.3) is 0 Å². The number of benzene rings is 1. The highest BCUT2D eigenvalue weighted by Crippen LogP contribution is 2.16. The van der Waals surface area contributed by atoms with Gasteiger partial charge in [-0.2, -0.15) is 0 Å². The summed E-state index contributed by atoms with van der Waals surface area (Å²) >= 11 is 1.70. The molecule has 1 aromatic heterocycles. The molecule has 0 radical (unpaired) electrons. The van der Waals surface area contributed by atoms with Crippen LogP contribution in [0.25, 0.3) is 5.69 Å². The number of aliphatic hydroxyl groups is 1. The number of nitrogens with zero attached hydrogens (tertiary/aromatic N) is 3. The van der Waals surface area contributed by atoms with Crippen molar-refractivity contribution in [2.75, 3.05) is 6.26 Å². The fourth-order valence-electron chi connectivity index (χ4n) is 1.23. The van der Waals surface area contributed by atoms with Crippen molar-refractivity contribution in [2.45, 2.75) is 11.5 Å². The van der Waals surface area contributed by atoms with Gasteiger partial charge in [-0.25, -0.2) is 4.68 Å². The van der Waals surface area contributed by atoms with E-state index < -0.39 is 0 Å². The Kier molecular flexibility index (Phi) is 3.03. The van der Waals surface area contributed by atoms with Crippen LogP contribution in [0.2, 0.25) is 0 Å². The Morgan fingerprint density at radius 3 is 2.60 bits per heavy atom. The average molecular weight is 221 g/mol. The largest absolute Gasteiger partial charge is 0.390 e. The molecule has 1 heterocycles. The SMILES string of the molecule is CSc1ccc(-n2cc(CO)nn2)cc1. The molecule has 2 aromatic rings. The first-order valence-electron chi connectivity index (χ1n) is 4.50. The van der Waals surface area contributed by atoms with Crippen molar-refractivity contribution < 1.29 is 5.11 Å².